The molecule has 0 saturated carbocycles. The Kier molecular flexibility index (Phi) is 3.35. The lowest BCUT2D eigenvalue weighted by atomic mass is 9.84. The zero-order chi connectivity index (χ0) is 14.9. The van der Waals surface area contributed by atoms with Gasteiger partial charge in [-0.05, 0) is 30.0 Å². The highest BCUT2D eigenvalue weighted by molar-refractivity contribution is 5.86. The molecule has 1 atom stereocenters. The maximum atomic E-state index is 6.64. The molecule has 3 heteroatoms. The van der Waals surface area contributed by atoms with Crippen LogP contribution in [-0.2, 0) is 5.54 Å². The van der Waals surface area contributed by atoms with Crippen LogP contribution < -0.4 is 10.5 Å². The number of hydrogen-bond donors (Lipinski definition) is 1. The second-order valence-electron chi connectivity index (χ2n) is 5.34. The number of pyridine rings is 1. The molecule has 1 unspecified atom stereocenters. The minimum Gasteiger partial charge on any atom is -0.497 e. The first-order valence-corrected chi connectivity index (χ1v) is 6.89. The molecule has 2 aromatic carbocycles. The highest BCUT2D eigenvalue weighted by Crippen LogP contribution is 2.32. The maximum absolute atomic E-state index is 6.64. The van der Waals surface area contributed by atoms with E-state index in [2.05, 4.69) is 17.1 Å². The highest BCUT2D eigenvalue weighted by atomic mass is 16.5. The Balaban J connectivity index is 2.14. The number of methoxy groups -OCH3 is 1. The maximum Gasteiger partial charge on any atom is 0.118 e. The number of rotatable bonds is 3. The Hall–Kier alpha value is -2.39. The summed E-state index contributed by atoms with van der Waals surface area (Å²) in [6.45, 7) is 2.01. The van der Waals surface area contributed by atoms with E-state index in [1.54, 1.807) is 7.11 Å². The molecule has 21 heavy (non-hydrogen) atoms. The van der Waals surface area contributed by atoms with Crippen LogP contribution in [0.5, 0.6) is 5.75 Å². The van der Waals surface area contributed by atoms with Gasteiger partial charge in [0.1, 0.15) is 5.75 Å². The summed E-state index contributed by atoms with van der Waals surface area (Å²) in [5.41, 5.74) is 8.07. The largest absolute Gasteiger partial charge is 0.497 e. The van der Waals surface area contributed by atoms with E-state index in [0.717, 1.165) is 27.6 Å². The molecule has 0 aliphatic heterocycles. The van der Waals surface area contributed by atoms with E-state index in [4.69, 9.17) is 10.5 Å². The monoisotopic (exact) mass is 278 g/mol. The number of ether oxygens (including phenoxy) is 1. The standard InChI is InChI=1S/C18H18N2O/c1-18(19,14-7-9-15(21-2)10-8-14)17-12-20-11-13-5-3-4-6-16(13)17/h3-12H,19H2,1-2H3. The summed E-state index contributed by atoms with van der Waals surface area (Å²) in [6.07, 6.45) is 3.72. The van der Waals surface area contributed by atoms with Crippen LogP contribution in [0, 0.1) is 0 Å². The van der Waals surface area contributed by atoms with E-state index in [0.29, 0.717) is 0 Å². The molecule has 2 N–H and O–H groups in total. The van der Waals surface area contributed by atoms with Crippen LogP contribution in [0.15, 0.2) is 60.9 Å². The van der Waals surface area contributed by atoms with Crippen molar-refractivity contribution in [3.05, 3.63) is 72.1 Å². The Morgan fingerprint density at radius 2 is 1.71 bits per heavy atom. The van der Waals surface area contributed by atoms with Crippen molar-refractivity contribution < 1.29 is 4.74 Å². The molecule has 0 radical (unpaired) electrons. The molecule has 0 aliphatic carbocycles. The molecular weight excluding hydrogens is 260 g/mol. The molecule has 0 saturated heterocycles. The first-order chi connectivity index (χ1) is 10.1. The molecule has 3 nitrogen and oxygen atoms in total. The molecule has 3 rings (SSSR count). The minimum absolute atomic E-state index is 0.611. The van der Waals surface area contributed by atoms with E-state index < -0.39 is 5.54 Å². The summed E-state index contributed by atoms with van der Waals surface area (Å²) >= 11 is 0. The predicted octanol–water partition coefficient (Wildman–Crippen LogP) is 3.47. The van der Waals surface area contributed by atoms with Crippen LogP contribution in [0.3, 0.4) is 0 Å². The van der Waals surface area contributed by atoms with Gasteiger partial charge in [-0.3, -0.25) is 4.98 Å². The molecule has 0 bridgehead atoms. The van der Waals surface area contributed by atoms with Crippen molar-refractivity contribution in [2.24, 2.45) is 5.73 Å². The van der Waals surface area contributed by atoms with Gasteiger partial charge in [0.05, 0.1) is 12.6 Å². The lowest BCUT2D eigenvalue weighted by Crippen LogP contribution is -2.34. The minimum atomic E-state index is -0.611. The molecule has 0 aliphatic rings. The van der Waals surface area contributed by atoms with Gasteiger partial charge in [0, 0.05) is 23.3 Å². The van der Waals surface area contributed by atoms with Gasteiger partial charge >= 0.3 is 0 Å². The van der Waals surface area contributed by atoms with Crippen molar-refractivity contribution in [3.8, 4) is 5.75 Å². The summed E-state index contributed by atoms with van der Waals surface area (Å²) in [5, 5.41) is 2.23. The third-order valence-corrected chi connectivity index (χ3v) is 3.92. The molecule has 1 aromatic heterocycles. The number of nitrogens with two attached hydrogens (primary N) is 1. The van der Waals surface area contributed by atoms with Crippen LogP contribution in [0.4, 0.5) is 0 Å². The topological polar surface area (TPSA) is 48.1 Å². The Bertz CT molecular complexity index is 758. The van der Waals surface area contributed by atoms with Crippen molar-refractivity contribution >= 4 is 10.8 Å². The van der Waals surface area contributed by atoms with Gasteiger partial charge < -0.3 is 10.5 Å². The first-order valence-electron chi connectivity index (χ1n) is 6.89. The van der Waals surface area contributed by atoms with Gasteiger partial charge in [0.15, 0.2) is 0 Å². The molecule has 0 amide bonds. The smallest absolute Gasteiger partial charge is 0.118 e. The highest BCUT2D eigenvalue weighted by Gasteiger charge is 2.26. The Morgan fingerprint density at radius 3 is 2.43 bits per heavy atom. The summed E-state index contributed by atoms with van der Waals surface area (Å²) < 4.78 is 5.20. The lowest BCUT2D eigenvalue weighted by Gasteiger charge is -2.27. The van der Waals surface area contributed by atoms with Crippen LogP contribution >= 0.6 is 0 Å². The quantitative estimate of drug-likeness (QED) is 0.798. The summed E-state index contributed by atoms with van der Waals surface area (Å²) in [6, 6.07) is 16.0. The fraction of sp³-hybridized carbons (Fsp3) is 0.167. The second kappa shape index (κ2) is 5.19. The lowest BCUT2D eigenvalue weighted by molar-refractivity contribution is 0.414. The zero-order valence-corrected chi connectivity index (χ0v) is 12.2. The Labute approximate surface area is 124 Å². The molecule has 106 valence electrons. The Morgan fingerprint density at radius 1 is 1.00 bits per heavy atom. The predicted molar refractivity (Wildman–Crippen MR) is 85.4 cm³/mol. The van der Waals surface area contributed by atoms with E-state index in [9.17, 15) is 0 Å². The van der Waals surface area contributed by atoms with Crippen molar-refractivity contribution in [2.45, 2.75) is 12.5 Å². The summed E-state index contributed by atoms with van der Waals surface area (Å²) in [5.74, 6) is 0.825. The van der Waals surface area contributed by atoms with E-state index >= 15 is 0 Å². The molecule has 0 spiro atoms. The van der Waals surface area contributed by atoms with Crippen LogP contribution in [-0.4, -0.2) is 12.1 Å². The molecule has 0 fully saturated rings. The zero-order valence-electron chi connectivity index (χ0n) is 12.2. The second-order valence-corrected chi connectivity index (χ2v) is 5.34. The molecule has 3 aromatic rings. The van der Waals surface area contributed by atoms with Gasteiger partial charge in [-0.15, -0.1) is 0 Å². The van der Waals surface area contributed by atoms with E-state index in [1.807, 2.05) is 55.7 Å². The van der Waals surface area contributed by atoms with Crippen molar-refractivity contribution in [1.82, 2.24) is 4.98 Å². The van der Waals surface area contributed by atoms with E-state index in [1.165, 1.54) is 0 Å². The van der Waals surface area contributed by atoms with Gasteiger partial charge in [0.25, 0.3) is 0 Å². The molecular formula is C18H18N2O. The van der Waals surface area contributed by atoms with Crippen LogP contribution in [0.1, 0.15) is 18.1 Å². The number of benzene rings is 2. The third kappa shape index (κ3) is 2.36. The number of hydrogen-bond acceptors (Lipinski definition) is 3. The van der Waals surface area contributed by atoms with Gasteiger partial charge in [-0.2, -0.15) is 0 Å². The fourth-order valence-corrected chi connectivity index (χ4v) is 2.62. The first kappa shape index (κ1) is 13.6. The van der Waals surface area contributed by atoms with Gasteiger partial charge in [-0.25, -0.2) is 0 Å². The van der Waals surface area contributed by atoms with Crippen molar-refractivity contribution in [3.63, 3.8) is 0 Å². The number of fused-ring (bicyclic) bond motifs is 1. The average Bonchev–Trinajstić information content (AvgIpc) is 2.54. The number of nitrogens with zero attached hydrogens (tertiary/aromatic N) is 1. The third-order valence-electron chi connectivity index (χ3n) is 3.92. The average molecular weight is 278 g/mol. The van der Waals surface area contributed by atoms with E-state index in [-0.39, 0.29) is 0 Å². The van der Waals surface area contributed by atoms with Gasteiger partial charge in [0.2, 0.25) is 0 Å². The van der Waals surface area contributed by atoms with Crippen LogP contribution in [0.2, 0.25) is 0 Å². The van der Waals surface area contributed by atoms with Crippen molar-refractivity contribution in [2.75, 3.05) is 7.11 Å². The summed E-state index contributed by atoms with van der Waals surface area (Å²) in [7, 11) is 1.66. The van der Waals surface area contributed by atoms with Gasteiger partial charge in [-0.1, -0.05) is 36.4 Å². The summed E-state index contributed by atoms with van der Waals surface area (Å²) in [4.78, 5) is 4.33. The normalized spacial score (nSPS) is 13.9. The molecule has 1 heterocycles. The SMILES string of the molecule is COc1ccc(C(C)(N)c2cncc3ccccc23)cc1. The number of aromatic nitrogens is 1. The van der Waals surface area contributed by atoms with Crippen LogP contribution in [0.25, 0.3) is 10.8 Å². The fourth-order valence-electron chi connectivity index (χ4n) is 2.62. The van der Waals surface area contributed by atoms with Crippen molar-refractivity contribution in [1.29, 1.82) is 0 Å².